The Morgan fingerprint density at radius 3 is 2.80 bits per heavy atom. The van der Waals surface area contributed by atoms with Crippen molar-refractivity contribution < 1.29 is 4.79 Å². The van der Waals surface area contributed by atoms with Gasteiger partial charge in [-0.3, -0.25) is 14.8 Å². The molecule has 0 spiro atoms. The number of carbonyl (C=O) groups excluding carboxylic acids is 1. The van der Waals surface area contributed by atoms with Crippen LogP contribution in [0.3, 0.4) is 0 Å². The Hall–Kier alpha value is -1.36. The monoisotopic (exact) mass is 210 g/mol. The smallest absolute Gasteiger partial charge is 0.234 e. The summed E-state index contributed by atoms with van der Waals surface area (Å²) < 4.78 is 1.85. The average molecular weight is 210 g/mol. The minimum atomic E-state index is -0.343. The van der Waals surface area contributed by atoms with E-state index < -0.39 is 0 Å². The number of nitrogens with two attached hydrogens (primary N) is 1. The maximum atomic E-state index is 10.9. The normalized spacial score (nSPS) is 14.9. The zero-order valence-corrected chi connectivity index (χ0v) is 9.40. The minimum absolute atomic E-state index is 0.0767. The van der Waals surface area contributed by atoms with Crippen LogP contribution in [0.15, 0.2) is 12.4 Å². The molecule has 1 aromatic rings. The first-order chi connectivity index (χ1) is 7.04. The molecule has 0 saturated carbocycles. The second-order valence-corrected chi connectivity index (χ2v) is 3.64. The molecular weight excluding hydrogens is 192 g/mol. The molecule has 84 valence electrons. The molecule has 15 heavy (non-hydrogen) atoms. The topological polar surface area (TPSA) is 72.9 Å². The highest BCUT2D eigenvalue weighted by Gasteiger charge is 2.14. The van der Waals surface area contributed by atoms with Crippen LogP contribution in [0, 0.1) is 0 Å². The van der Waals surface area contributed by atoms with Gasteiger partial charge in [-0.1, -0.05) is 0 Å². The van der Waals surface area contributed by atoms with Gasteiger partial charge in [0.05, 0.1) is 12.2 Å². The van der Waals surface area contributed by atoms with Gasteiger partial charge >= 0.3 is 0 Å². The summed E-state index contributed by atoms with van der Waals surface area (Å²) in [6.07, 6.45) is 3.76. The highest BCUT2D eigenvalue weighted by Crippen LogP contribution is 2.11. The quantitative estimate of drug-likeness (QED) is 0.740. The highest BCUT2D eigenvalue weighted by molar-refractivity contribution is 5.79. The van der Waals surface area contributed by atoms with Crippen molar-refractivity contribution >= 4 is 5.91 Å². The van der Waals surface area contributed by atoms with Crippen LogP contribution >= 0.6 is 0 Å². The summed E-state index contributed by atoms with van der Waals surface area (Å²) in [4.78, 5) is 10.9. The Kier molecular flexibility index (Phi) is 3.85. The van der Waals surface area contributed by atoms with Gasteiger partial charge in [0, 0.05) is 24.3 Å². The van der Waals surface area contributed by atoms with E-state index in [2.05, 4.69) is 10.4 Å². The number of rotatable bonds is 5. The number of nitrogens with zero attached hydrogens (tertiary/aromatic N) is 2. The van der Waals surface area contributed by atoms with Crippen molar-refractivity contribution in [3.63, 3.8) is 0 Å². The van der Waals surface area contributed by atoms with Crippen molar-refractivity contribution in [2.24, 2.45) is 5.73 Å². The summed E-state index contributed by atoms with van der Waals surface area (Å²) in [5, 5.41) is 7.27. The van der Waals surface area contributed by atoms with E-state index in [1.165, 1.54) is 0 Å². The number of amides is 1. The average Bonchev–Trinajstić information content (AvgIpc) is 2.65. The van der Waals surface area contributed by atoms with Crippen LogP contribution in [0.1, 0.15) is 32.4 Å². The lowest BCUT2D eigenvalue weighted by Crippen LogP contribution is -2.39. The van der Waals surface area contributed by atoms with E-state index in [1.807, 2.05) is 24.7 Å². The standard InChI is InChI=1S/C10H18N4O/c1-4-14-6-9(5-12-14)7(2)13-8(3)10(11)15/h5-8,13H,4H2,1-3H3,(H2,11,15). The molecule has 2 unspecified atom stereocenters. The van der Waals surface area contributed by atoms with E-state index in [1.54, 1.807) is 13.1 Å². The largest absolute Gasteiger partial charge is 0.368 e. The van der Waals surface area contributed by atoms with E-state index in [0.717, 1.165) is 12.1 Å². The van der Waals surface area contributed by atoms with Gasteiger partial charge in [-0.25, -0.2) is 0 Å². The SMILES string of the molecule is CCn1cc(C(C)NC(C)C(N)=O)cn1. The predicted molar refractivity (Wildman–Crippen MR) is 58.1 cm³/mol. The maximum absolute atomic E-state index is 10.9. The lowest BCUT2D eigenvalue weighted by atomic mass is 10.1. The van der Waals surface area contributed by atoms with Gasteiger partial charge in [0.1, 0.15) is 0 Å². The fourth-order valence-electron chi connectivity index (χ4n) is 1.33. The first kappa shape index (κ1) is 11.7. The highest BCUT2D eigenvalue weighted by atomic mass is 16.1. The van der Waals surface area contributed by atoms with Crippen LogP contribution in [-0.2, 0) is 11.3 Å². The van der Waals surface area contributed by atoms with E-state index >= 15 is 0 Å². The lowest BCUT2D eigenvalue weighted by Gasteiger charge is -2.15. The summed E-state index contributed by atoms with van der Waals surface area (Å²) in [5.41, 5.74) is 6.23. The lowest BCUT2D eigenvalue weighted by molar-refractivity contribution is -0.119. The molecule has 1 aromatic heterocycles. The summed E-state index contributed by atoms with van der Waals surface area (Å²) in [7, 11) is 0. The van der Waals surface area contributed by atoms with Crippen LogP contribution in [0.25, 0.3) is 0 Å². The molecule has 5 heteroatoms. The summed E-state index contributed by atoms with van der Waals surface area (Å²) in [6.45, 7) is 6.61. The van der Waals surface area contributed by atoms with Crippen molar-refractivity contribution in [1.29, 1.82) is 0 Å². The Morgan fingerprint density at radius 2 is 2.33 bits per heavy atom. The van der Waals surface area contributed by atoms with E-state index in [4.69, 9.17) is 5.73 Å². The van der Waals surface area contributed by atoms with Crippen LogP contribution in [0.2, 0.25) is 0 Å². The van der Waals surface area contributed by atoms with Gasteiger partial charge in [-0.15, -0.1) is 0 Å². The Labute approximate surface area is 89.6 Å². The zero-order chi connectivity index (χ0) is 11.4. The van der Waals surface area contributed by atoms with Gasteiger partial charge < -0.3 is 5.73 Å². The predicted octanol–water partition coefficient (Wildman–Crippen LogP) is 0.427. The summed E-state index contributed by atoms with van der Waals surface area (Å²) in [6, 6.07) is -0.252. The van der Waals surface area contributed by atoms with Crippen LogP contribution in [0.5, 0.6) is 0 Å². The van der Waals surface area contributed by atoms with Crippen LogP contribution in [-0.4, -0.2) is 21.7 Å². The second-order valence-electron chi connectivity index (χ2n) is 3.64. The third-order valence-electron chi connectivity index (χ3n) is 2.40. The molecule has 3 N–H and O–H groups in total. The third-order valence-corrected chi connectivity index (χ3v) is 2.40. The van der Waals surface area contributed by atoms with E-state index in [-0.39, 0.29) is 18.0 Å². The zero-order valence-electron chi connectivity index (χ0n) is 9.40. The Morgan fingerprint density at radius 1 is 1.67 bits per heavy atom. The molecule has 1 amide bonds. The number of hydrogen-bond donors (Lipinski definition) is 2. The molecular formula is C10H18N4O. The minimum Gasteiger partial charge on any atom is -0.368 e. The third kappa shape index (κ3) is 3.06. The molecule has 0 aliphatic carbocycles. The number of primary amides is 1. The maximum Gasteiger partial charge on any atom is 0.234 e. The first-order valence-electron chi connectivity index (χ1n) is 5.12. The van der Waals surface area contributed by atoms with E-state index in [0.29, 0.717) is 0 Å². The summed E-state index contributed by atoms with van der Waals surface area (Å²) in [5.74, 6) is -0.343. The molecule has 0 aliphatic heterocycles. The molecule has 1 rings (SSSR count). The van der Waals surface area contributed by atoms with Gasteiger partial charge in [-0.05, 0) is 20.8 Å². The van der Waals surface area contributed by atoms with Crippen molar-refractivity contribution in [1.82, 2.24) is 15.1 Å². The van der Waals surface area contributed by atoms with Gasteiger partial charge in [0.2, 0.25) is 5.91 Å². The van der Waals surface area contributed by atoms with Gasteiger partial charge in [-0.2, -0.15) is 5.10 Å². The number of hydrogen-bond acceptors (Lipinski definition) is 3. The number of aromatic nitrogens is 2. The van der Waals surface area contributed by atoms with Gasteiger partial charge in [0.25, 0.3) is 0 Å². The van der Waals surface area contributed by atoms with Crippen molar-refractivity contribution in [2.45, 2.75) is 39.4 Å². The molecule has 2 atom stereocenters. The first-order valence-corrected chi connectivity index (χ1v) is 5.12. The van der Waals surface area contributed by atoms with Crippen LogP contribution in [0.4, 0.5) is 0 Å². The Bertz CT molecular complexity index is 334. The van der Waals surface area contributed by atoms with Crippen LogP contribution < -0.4 is 11.1 Å². The Balaban J connectivity index is 2.60. The molecule has 0 aromatic carbocycles. The van der Waals surface area contributed by atoms with Crippen molar-refractivity contribution in [3.05, 3.63) is 18.0 Å². The van der Waals surface area contributed by atoms with Crippen molar-refractivity contribution in [2.75, 3.05) is 0 Å². The number of aryl methyl sites for hydroxylation is 1. The molecule has 5 nitrogen and oxygen atoms in total. The van der Waals surface area contributed by atoms with E-state index in [9.17, 15) is 4.79 Å². The second kappa shape index (κ2) is 4.93. The molecule has 0 bridgehead atoms. The molecule has 0 fully saturated rings. The molecule has 1 heterocycles. The molecule has 0 saturated heterocycles. The number of nitrogens with one attached hydrogen (secondary N) is 1. The summed E-state index contributed by atoms with van der Waals surface area (Å²) >= 11 is 0. The van der Waals surface area contributed by atoms with Crippen molar-refractivity contribution in [3.8, 4) is 0 Å². The van der Waals surface area contributed by atoms with Gasteiger partial charge in [0.15, 0.2) is 0 Å². The number of carbonyl (C=O) groups is 1. The molecule has 0 aliphatic rings. The fourth-order valence-corrected chi connectivity index (χ4v) is 1.33. The molecule has 0 radical (unpaired) electrons. The fraction of sp³-hybridized carbons (Fsp3) is 0.600.